The highest BCUT2D eigenvalue weighted by Gasteiger charge is 2.20. The largest absolute Gasteiger partial charge is 0.488 e. The average Bonchev–Trinajstić information content (AvgIpc) is 2.78. The topological polar surface area (TPSA) is 58.8 Å². The molecule has 33 heavy (non-hydrogen) atoms. The fourth-order valence-electron chi connectivity index (χ4n) is 3.82. The van der Waals surface area contributed by atoms with E-state index in [1.54, 1.807) is 12.3 Å². The quantitative estimate of drug-likeness (QED) is 0.311. The molecule has 0 saturated carbocycles. The van der Waals surface area contributed by atoms with Crippen LogP contribution in [0.25, 0.3) is 22.2 Å². The summed E-state index contributed by atoms with van der Waals surface area (Å²) in [5.41, 5.74) is 3.66. The van der Waals surface area contributed by atoms with Crippen LogP contribution in [0.4, 0.5) is 4.39 Å². The Labute approximate surface area is 197 Å². The van der Waals surface area contributed by atoms with Crippen LogP contribution in [-0.2, 0) is 13.0 Å². The Bertz CT molecular complexity index is 1360. The summed E-state index contributed by atoms with van der Waals surface area (Å²) in [4.78, 5) is 8.96. The third-order valence-corrected chi connectivity index (χ3v) is 5.66. The van der Waals surface area contributed by atoms with Crippen molar-refractivity contribution >= 4 is 22.5 Å². The molecule has 0 aliphatic rings. The molecule has 166 valence electrons. The van der Waals surface area contributed by atoms with Crippen molar-refractivity contribution in [3.8, 4) is 23.1 Å². The SMILES string of the molecule is Cc1cc(CC(C)(C)F)c(Cl)cc1-c1cc(OCc2ccccc2)c2c(C#N)nccc2n1. The Hall–Kier alpha value is -3.49. The molecule has 0 bridgehead atoms. The summed E-state index contributed by atoms with van der Waals surface area (Å²) in [7, 11) is 0. The van der Waals surface area contributed by atoms with Gasteiger partial charge in [-0.2, -0.15) is 5.26 Å². The van der Waals surface area contributed by atoms with Gasteiger partial charge in [-0.05, 0) is 49.6 Å². The lowest BCUT2D eigenvalue weighted by atomic mass is 9.95. The molecule has 6 heteroatoms. The lowest BCUT2D eigenvalue weighted by Gasteiger charge is -2.18. The summed E-state index contributed by atoms with van der Waals surface area (Å²) in [5.74, 6) is 0.521. The molecular formula is C27H23ClFN3O. The van der Waals surface area contributed by atoms with Crippen molar-refractivity contribution in [2.24, 2.45) is 0 Å². The maximum Gasteiger partial charge on any atom is 0.153 e. The number of aryl methyl sites for hydroxylation is 1. The molecule has 0 fully saturated rings. The van der Waals surface area contributed by atoms with Gasteiger partial charge in [0.25, 0.3) is 0 Å². The number of hydrogen-bond acceptors (Lipinski definition) is 4. The highest BCUT2D eigenvalue weighted by molar-refractivity contribution is 6.31. The molecule has 0 unspecified atom stereocenters. The summed E-state index contributed by atoms with van der Waals surface area (Å²) in [6.07, 6.45) is 1.78. The van der Waals surface area contributed by atoms with Crippen molar-refractivity contribution in [2.45, 2.75) is 39.5 Å². The number of halogens is 2. The maximum atomic E-state index is 14.2. The number of hydrogen-bond donors (Lipinski definition) is 0. The lowest BCUT2D eigenvalue weighted by Crippen LogP contribution is -2.16. The van der Waals surface area contributed by atoms with E-state index in [4.69, 9.17) is 21.3 Å². The highest BCUT2D eigenvalue weighted by Crippen LogP contribution is 2.36. The smallest absolute Gasteiger partial charge is 0.153 e. The van der Waals surface area contributed by atoms with E-state index in [-0.39, 0.29) is 12.1 Å². The molecule has 0 atom stereocenters. The van der Waals surface area contributed by atoms with Crippen molar-refractivity contribution in [3.05, 3.63) is 88.2 Å². The highest BCUT2D eigenvalue weighted by atomic mass is 35.5. The first-order valence-electron chi connectivity index (χ1n) is 10.6. The van der Waals surface area contributed by atoms with Crippen LogP contribution in [0.5, 0.6) is 5.75 Å². The second-order valence-electron chi connectivity index (χ2n) is 8.60. The van der Waals surface area contributed by atoms with Gasteiger partial charge in [0.15, 0.2) is 5.69 Å². The van der Waals surface area contributed by atoms with Crippen LogP contribution in [0.2, 0.25) is 5.02 Å². The molecule has 0 amide bonds. The van der Waals surface area contributed by atoms with Gasteiger partial charge in [0.1, 0.15) is 24.1 Å². The minimum absolute atomic E-state index is 0.223. The zero-order valence-corrected chi connectivity index (χ0v) is 19.4. The van der Waals surface area contributed by atoms with E-state index in [1.165, 1.54) is 13.8 Å². The molecule has 4 aromatic rings. The van der Waals surface area contributed by atoms with E-state index in [0.717, 1.165) is 22.3 Å². The predicted octanol–water partition coefficient (Wildman–Crippen LogP) is 7.00. The van der Waals surface area contributed by atoms with Crippen LogP contribution in [0.1, 0.15) is 36.2 Å². The number of aromatic nitrogens is 2. The van der Waals surface area contributed by atoms with E-state index >= 15 is 0 Å². The number of pyridine rings is 2. The van der Waals surface area contributed by atoms with E-state index in [1.807, 2.05) is 55.5 Å². The summed E-state index contributed by atoms with van der Waals surface area (Å²) in [5, 5.41) is 10.6. The Morgan fingerprint density at radius 1 is 1.12 bits per heavy atom. The lowest BCUT2D eigenvalue weighted by molar-refractivity contribution is 0.217. The van der Waals surface area contributed by atoms with Gasteiger partial charge in [-0.25, -0.2) is 14.4 Å². The van der Waals surface area contributed by atoms with Crippen molar-refractivity contribution in [3.63, 3.8) is 0 Å². The van der Waals surface area contributed by atoms with Crippen molar-refractivity contribution < 1.29 is 9.13 Å². The molecule has 4 nitrogen and oxygen atoms in total. The summed E-state index contributed by atoms with van der Waals surface area (Å²) >= 11 is 6.53. The van der Waals surface area contributed by atoms with E-state index in [2.05, 4.69) is 11.1 Å². The zero-order chi connectivity index (χ0) is 23.6. The molecule has 2 heterocycles. The minimum atomic E-state index is -1.36. The first kappa shape index (κ1) is 22.7. The molecular weight excluding hydrogens is 437 g/mol. The molecule has 4 rings (SSSR count). The fraction of sp³-hybridized carbons (Fsp3) is 0.222. The van der Waals surface area contributed by atoms with Crippen molar-refractivity contribution in [1.29, 1.82) is 5.26 Å². The Morgan fingerprint density at radius 3 is 2.58 bits per heavy atom. The monoisotopic (exact) mass is 459 g/mol. The van der Waals surface area contributed by atoms with Gasteiger partial charge in [0.2, 0.25) is 0 Å². The Balaban J connectivity index is 1.82. The van der Waals surface area contributed by atoms with Crippen LogP contribution in [0.3, 0.4) is 0 Å². The van der Waals surface area contributed by atoms with E-state index < -0.39 is 5.67 Å². The third kappa shape index (κ3) is 5.13. The maximum absolute atomic E-state index is 14.2. The van der Waals surface area contributed by atoms with Crippen LogP contribution < -0.4 is 4.74 Å². The zero-order valence-electron chi connectivity index (χ0n) is 18.7. The number of nitrogens with zero attached hydrogens (tertiary/aromatic N) is 3. The molecule has 0 aliphatic heterocycles. The first-order valence-corrected chi connectivity index (χ1v) is 11.0. The number of fused-ring (bicyclic) bond motifs is 1. The van der Waals surface area contributed by atoms with Crippen molar-refractivity contribution in [1.82, 2.24) is 9.97 Å². The van der Waals surface area contributed by atoms with Gasteiger partial charge < -0.3 is 4.74 Å². The predicted molar refractivity (Wildman–Crippen MR) is 129 cm³/mol. The normalized spacial score (nSPS) is 11.4. The number of ether oxygens (including phenoxy) is 1. The second kappa shape index (κ2) is 9.17. The summed E-state index contributed by atoms with van der Waals surface area (Å²) in [6, 6.07) is 19.2. The second-order valence-corrected chi connectivity index (χ2v) is 9.01. The van der Waals surface area contributed by atoms with E-state index in [9.17, 15) is 9.65 Å². The molecule has 2 aromatic carbocycles. The average molecular weight is 460 g/mol. The van der Waals surface area contributed by atoms with Gasteiger partial charge in [-0.3, -0.25) is 0 Å². The molecule has 0 saturated heterocycles. The van der Waals surface area contributed by atoms with Gasteiger partial charge in [0.05, 0.1) is 16.6 Å². The third-order valence-electron chi connectivity index (χ3n) is 5.31. The van der Waals surface area contributed by atoms with Gasteiger partial charge in [0, 0.05) is 29.3 Å². The molecule has 0 aliphatic carbocycles. The van der Waals surface area contributed by atoms with Crippen LogP contribution in [0.15, 0.2) is 60.8 Å². The molecule has 2 aromatic heterocycles. The van der Waals surface area contributed by atoms with Gasteiger partial charge >= 0.3 is 0 Å². The summed E-state index contributed by atoms with van der Waals surface area (Å²) in [6.45, 7) is 5.36. The molecule has 0 radical (unpaired) electrons. The Morgan fingerprint density at radius 2 is 1.88 bits per heavy atom. The number of nitriles is 1. The Kier molecular flexibility index (Phi) is 6.31. The minimum Gasteiger partial charge on any atom is -0.488 e. The van der Waals surface area contributed by atoms with Crippen LogP contribution in [0, 0.1) is 18.3 Å². The number of benzene rings is 2. The van der Waals surface area contributed by atoms with Gasteiger partial charge in [-0.15, -0.1) is 0 Å². The standard InChI is InChI=1S/C27H23ClFN3O/c1-17-11-19(14-27(2,3)29)21(28)12-20(17)23-13-25(33-16-18-7-5-4-6-8-18)26-22(32-23)9-10-31-24(26)15-30/h4-13H,14,16H2,1-3H3. The molecule has 0 spiro atoms. The van der Waals surface area contributed by atoms with Crippen LogP contribution in [-0.4, -0.2) is 15.6 Å². The van der Waals surface area contributed by atoms with Gasteiger partial charge in [-0.1, -0.05) is 48.0 Å². The summed E-state index contributed by atoms with van der Waals surface area (Å²) < 4.78 is 20.4. The first-order chi connectivity index (χ1) is 15.7. The van der Waals surface area contributed by atoms with Crippen LogP contribution >= 0.6 is 11.6 Å². The van der Waals surface area contributed by atoms with E-state index in [0.29, 0.717) is 34.0 Å². The number of alkyl halides is 1. The fourth-order valence-corrected chi connectivity index (χ4v) is 4.05. The van der Waals surface area contributed by atoms with Crippen molar-refractivity contribution in [2.75, 3.05) is 0 Å². The number of rotatable bonds is 6. The molecule has 0 N–H and O–H groups in total.